The lowest BCUT2D eigenvalue weighted by molar-refractivity contribution is -0.120. The molecule has 3 aliphatic rings. The van der Waals surface area contributed by atoms with Gasteiger partial charge in [0.15, 0.2) is 0 Å². The number of nitrogens with one attached hydrogen (secondary N) is 1. The lowest BCUT2D eigenvalue weighted by atomic mass is 9.89. The summed E-state index contributed by atoms with van der Waals surface area (Å²) in [7, 11) is 0. The van der Waals surface area contributed by atoms with Gasteiger partial charge in [-0.1, -0.05) is 0 Å². The van der Waals surface area contributed by atoms with Crippen LogP contribution in [0.1, 0.15) is 37.7 Å². The van der Waals surface area contributed by atoms with Crippen LogP contribution in [-0.2, 0) is 16.0 Å². The van der Waals surface area contributed by atoms with E-state index in [2.05, 4.69) is 27.4 Å². The van der Waals surface area contributed by atoms with Crippen molar-refractivity contribution in [3.63, 3.8) is 0 Å². The van der Waals surface area contributed by atoms with Crippen LogP contribution in [0.5, 0.6) is 0 Å². The molecule has 3 fully saturated rings. The quantitative estimate of drug-likeness (QED) is 0.796. The molecular weight excluding hydrogens is 394 g/mol. The summed E-state index contributed by atoms with van der Waals surface area (Å²) in [6.07, 6.45) is 10.00. The lowest BCUT2D eigenvalue weighted by Gasteiger charge is -2.35. The molecule has 1 N–H and O–H groups in total. The van der Waals surface area contributed by atoms with E-state index in [1.165, 1.54) is 50.9 Å². The predicted octanol–water partition coefficient (Wildman–Crippen LogP) is 2.46. The highest BCUT2D eigenvalue weighted by molar-refractivity contribution is 6.07. The summed E-state index contributed by atoms with van der Waals surface area (Å²) >= 11 is 0. The van der Waals surface area contributed by atoms with E-state index in [1.54, 1.807) is 15.6 Å². The van der Waals surface area contributed by atoms with E-state index in [9.17, 15) is 9.59 Å². The molecule has 5 rings (SSSR count). The molecule has 2 aromatic heterocycles. The van der Waals surface area contributed by atoms with Crippen LogP contribution in [0.15, 0.2) is 24.5 Å². The first-order valence-electron chi connectivity index (χ1n) is 11.5. The third-order valence-corrected chi connectivity index (χ3v) is 6.91. The van der Waals surface area contributed by atoms with Crippen molar-refractivity contribution in [1.82, 2.24) is 19.8 Å². The Labute approximate surface area is 182 Å². The van der Waals surface area contributed by atoms with Gasteiger partial charge in [0.05, 0.1) is 24.0 Å². The van der Waals surface area contributed by atoms with Gasteiger partial charge >= 0.3 is 6.03 Å². The minimum Gasteiger partial charge on any atom is -0.381 e. The lowest BCUT2D eigenvalue weighted by Crippen LogP contribution is -2.49. The van der Waals surface area contributed by atoms with Crippen molar-refractivity contribution in [2.45, 2.75) is 38.5 Å². The van der Waals surface area contributed by atoms with Gasteiger partial charge in [0, 0.05) is 32.3 Å². The molecule has 0 radical (unpaired) electrons. The minimum atomic E-state index is -0.368. The first-order valence-corrected chi connectivity index (χ1v) is 11.5. The number of piperidine rings is 1. The van der Waals surface area contributed by atoms with Crippen LogP contribution in [0.3, 0.4) is 0 Å². The van der Waals surface area contributed by atoms with Crippen LogP contribution >= 0.6 is 0 Å². The molecule has 2 aromatic rings. The monoisotopic (exact) mass is 425 g/mol. The number of ether oxygens (including phenoxy) is 1. The number of anilines is 1. The third kappa shape index (κ3) is 4.60. The summed E-state index contributed by atoms with van der Waals surface area (Å²) in [5.74, 6) is 1.17. The first kappa shape index (κ1) is 20.5. The highest BCUT2D eigenvalue weighted by Crippen LogP contribution is 2.27. The molecule has 8 nitrogen and oxygen atoms in total. The number of carbonyl (C=O) groups is 2. The highest BCUT2D eigenvalue weighted by atomic mass is 16.5. The standard InChI is InChI=1S/C23H31N5O3/c29-22-6-9-27(23(30)25-22)21-14-24-28-10-5-18(13-20(21)28)12-17-3-7-26(8-4-17)15-19-2-1-11-31-16-19/h5,10,13-14,17,19H,1-4,6-9,11-12,15-16H2,(H,25,29,30). The molecule has 0 bridgehead atoms. The summed E-state index contributed by atoms with van der Waals surface area (Å²) in [4.78, 5) is 28.0. The molecule has 0 aliphatic carbocycles. The van der Waals surface area contributed by atoms with Gasteiger partial charge in [-0.05, 0) is 74.7 Å². The Morgan fingerprint density at radius 3 is 2.77 bits per heavy atom. The molecule has 3 saturated heterocycles. The number of fused-ring (bicyclic) bond motifs is 1. The van der Waals surface area contributed by atoms with Crippen LogP contribution < -0.4 is 10.2 Å². The molecule has 0 aromatic carbocycles. The van der Waals surface area contributed by atoms with Crippen molar-refractivity contribution in [3.8, 4) is 0 Å². The largest absolute Gasteiger partial charge is 0.381 e. The van der Waals surface area contributed by atoms with Gasteiger partial charge in [0.1, 0.15) is 0 Å². The number of rotatable bonds is 5. The van der Waals surface area contributed by atoms with Gasteiger partial charge < -0.3 is 9.64 Å². The summed E-state index contributed by atoms with van der Waals surface area (Å²) in [6, 6.07) is 3.92. The minimum absolute atomic E-state index is 0.222. The van der Waals surface area contributed by atoms with E-state index in [1.807, 2.05) is 6.20 Å². The Kier molecular flexibility index (Phi) is 5.91. The van der Waals surface area contributed by atoms with E-state index in [4.69, 9.17) is 4.74 Å². The zero-order chi connectivity index (χ0) is 21.2. The molecule has 166 valence electrons. The highest BCUT2D eigenvalue weighted by Gasteiger charge is 2.27. The number of likely N-dealkylation sites (tertiary alicyclic amines) is 1. The van der Waals surface area contributed by atoms with E-state index in [-0.39, 0.29) is 11.9 Å². The van der Waals surface area contributed by atoms with E-state index in [0.29, 0.717) is 24.8 Å². The van der Waals surface area contributed by atoms with Gasteiger partial charge in [-0.2, -0.15) is 5.10 Å². The summed E-state index contributed by atoms with van der Waals surface area (Å²) < 4.78 is 7.44. The van der Waals surface area contributed by atoms with Crippen LogP contribution in [0.25, 0.3) is 5.52 Å². The van der Waals surface area contributed by atoms with Crippen LogP contribution in [-0.4, -0.2) is 65.8 Å². The fraction of sp³-hybridized carbons (Fsp3) is 0.609. The maximum atomic E-state index is 12.3. The smallest absolute Gasteiger partial charge is 0.328 e. The Morgan fingerprint density at radius 1 is 1.13 bits per heavy atom. The number of amides is 3. The number of pyridine rings is 1. The molecule has 3 amide bonds. The van der Waals surface area contributed by atoms with Crippen molar-refractivity contribution >= 4 is 23.1 Å². The van der Waals surface area contributed by atoms with Gasteiger partial charge in [0.2, 0.25) is 5.91 Å². The van der Waals surface area contributed by atoms with Crippen molar-refractivity contribution in [1.29, 1.82) is 0 Å². The average Bonchev–Trinajstić information content (AvgIpc) is 3.19. The zero-order valence-corrected chi connectivity index (χ0v) is 18.0. The fourth-order valence-corrected chi connectivity index (χ4v) is 5.16. The van der Waals surface area contributed by atoms with Crippen molar-refractivity contribution < 1.29 is 14.3 Å². The summed E-state index contributed by atoms with van der Waals surface area (Å²) in [5.41, 5.74) is 2.95. The number of nitrogens with zero attached hydrogens (tertiary/aromatic N) is 4. The first-order chi connectivity index (χ1) is 15.2. The summed E-state index contributed by atoms with van der Waals surface area (Å²) in [6.45, 7) is 5.77. The Balaban J connectivity index is 1.21. The topological polar surface area (TPSA) is 79.2 Å². The maximum absolute atomic E-state index is 12.3. The number of urea groups is 1. The third-order valence-electron chi connectivity index (χ3n) is 6.91. The number of imide groups is 1. The van der Waals surface area contributed by atoms with Gasteiger partial charge in [-0.3, -0.25) is 15.0 Å². The normalized spacial score (nSPS) is 24.0. The second-order valence-electron chi connectivity index (χ2n) is 9.18. The molecule has 8 heteroatoms. The van der Waals surface area contributed by atoms with E-state index in [0.717, 1.165) is 30.8 Å². The Morgan fingerprint density at radius 2 is 2.00 bits per heavy atom. The maximum Gasteiger partial charge on any atom is 0.328 e. The second-order valence-corrected chi connectivity index (χ2v) is 9.18. The van der Waals surface area contributed by atoms with Gasteiger partial charge in [-0.25, -0.2) is 9.31 Å². The number of aromatic nitrogens is 2. The van der Waals surface area contributed by atoms with Crippen molar-refractivity contribution in [2.75, 3.05) is 44.3 Å². The van der Waals surface area contributed by atoms with E-state index < -0.39 is 0 Å². The Hall–Kier alpha value is -2.45. The molecule has 31 heavy (non-hydrogen) atoms. The molecule has 1 unspecified atom stereocenters. The number of hydrogen-bond acceptors (Lipinski definition) is 5. The van der Waals surface area contributed by atoms with Gasteiger partial charge in [0.25, 0.3) is 0 Å². The van der Waals surface area contributed by atoms with Gasteiger partial charge in [-0.15, -0.1) is 0 Å². The van der Waals surface area contributed by atoms with Crippen LogP contribution in [0, 0.1) is 11.8 Å². The number of carbonyl (C=O) groups excluding carboxylic acids is 2. The van der Waals surface area contributed by atoms with Crippen molar-refractivity contribution in [3.05, 3.63) is 30.1 Å². The fourth-order valence-electron chi connectivity index (χ4n) is 5.16. The van der Waals surface area contributed by atoms with Crippen LogP contribution in [0.4, 0.5) is 10.5 Å². The summed E-state index contributed by atoms with van der Waals surface area (Å²) in [5, 5.41) is 6.79. The molecule has 0 saturated carbocycles. The molecule has 0 spiro atoms. The zero-order valence-electron chi connectivity index (χ0n) is 18.0. The predicted molar refractivity (Wildman–Crippen MR) is 117 cm³/mol. The van der Waals surface area contributed by atoms with Crippen molar-refractivity contribution in [2.24, 2.45) is 11.8 Å². The average molecular weight is 426 g/mol. The number of hydrogen-bond donors (Lipinski definition) is 1. The SMILES string of the molecule is O=C1CCN(c2cnn3ccc(CC4CCN(CC5CCCOC5)CC4)cc23)C(=O)N1. The van der Waals surface area contributed by atoms with E-state index >= 15 is 0 Å². The molecular formula is C23H31N5O3. The Bertz CT molecular complexity index is 944. The molecule has 3 aliphatic heterocycles. The molecule has 5 heterocycles. The van der Waals surface area contributed by atoms with Crippen LogP contribution in [0.2, 0.25) is 0 Å². The second kappa shape index (κ2) is 8.96. The molecule has 1 atom stereocenters.